The molecular formula is C20H21FN2O5S. The Kier molecular flexibility index (Phi) is 6.58. The largest absolute Gasteiger partial charge is 0.493 e. The van der Waals surface area contributed by atoms with E-state index in [4.69, 9.17) is 9.47 Å². The number of carbonyl (C=O) groups is 1. The summed E-state index contributed by atoms with van der Waals surface area (Å²) in [6.07, 6.45) is 0.554. The monoisotopic (exact) mass is 420 g/mol. The van der Waals surface area contributed by atoms with E-state index in [0.717, 1.165) is 0 Å². The van der Waals surface area contributed by atoms with Gasteiger partial charge in [-0.15, -0.1) is 0 Å². The summed E-state index contributed by atoms with van der Waals surface area (Å²) in [5, 5.41) is 11.4. The number of amides is 1. The molecule has 154 valence electrons. The van der Waals surface area contributed by atoms with Crippen molar-refractivity contribution in [2.24, 2.45) is 0 Å². The lowest BCUT2D eigenvalue weighted by atomic mass is 10.1. The maximum absolute atomic E-state index is 14.1. The van der Waals surface area contributed by atoms with Crippen molar-refractivity contribution in [1.29, 1.82) is 0 Å². The van der Waals surface area contributed by atoms with E-state index in [1.54, 1.807) is 34.9 Å². The van der Waals surface area contributed by atoms with Gasteiger partial charge in [0, 0.05) is 35.7 Å². The van der Waals surface area contributed by atoms with Crippen LogP contribution in [-0.4, -0.2) is 48.8 Å². The summed E-state index contributed by atoms with van der Waals surface area (Å²) in [7, 11) is 2.78. The average Bonchev–Trinajstić information content (AvgIpc) is 2.98. The lowest BCUT2D eigenvalue weighted by molar-refractivity contribution is -0.385. The van der Waals surface area contributed by atoms with E-state index in [0.29, 0.717) is 30.8 Å². The lowest BCUT2D eigenvalue weighted by Gasteiger charge is -2.21. The zero-order valence-electron chi connectivity index (χ0n) is 16.1. The van der Waals surface area contributed by atoms with Crippen molar-refractivity contribution in [3.05, 3.63) is 63.5 Å². The molecule has 0 aliphatic carbocycles. The van der Waals surface area contributed by atoms with Crippen LogP contribution in [0, 0.1) is 15.9 Å². The number of hydrogen-bond acceptors (Lipinski definition) is 6. The van der Waals surface area contributed by atoms with Gasteiger partial charge in [0.15, 0.2) is 11.5 Å². The number of thioether (sulfide) groups is 1. The maximum atomic E-state index is 14.1. The first-order valence-corrected chi connectivity index (χ1v) is 10.1. The molecule has 0 spiro atoms. The summed E-state index contributed by atoms with van der Waals surface area (Å²) in [4.78, 5) is 25.6. The van der Waals surface area contributed by atoms with Gasteiger partial charge in [0.1, 0.15) is 11.4 Å². The smallest absolute Gasteiger partial charge is 0.286 e. The number of benzene rings is 2. The molecule has 29 heavy (non-hydrogen) atoms. The Balaban J connectivity index is 1.85. The van der Waals surface area contributed by atoms with Crippen molar-refractivity contribution in [1.82, 2.24) is 4.90 Å². The number of ether oxygens (including phenoxy) is 2. The number of nitro groups is 1. The number of rotatable bonds is 5. The molecule has 0 saturated carbocycles. The number of nitro benzene ring substituents is 1. The number of halogens is 1. The highest BCUT2D eigenvalue weighted by Crippen LogP contribution is 2.38. The van der Waals surface area contributed by atoms with Gasteiger partial charge in [0.05, 0.1) is 25.2 Å². The zero-order valence-corrected chi connectivity index (χ0v) is 16.9. The van der Waals surface area contributed by atoms with Crippen LogP contribution in [0.1, 0.15) is 27.6 Å². The fourth-order valence-electron chi connectivity index (χ4n) is 3.32. The summed E-state index contributed by atoms with van der Waals surface area (Å²) < 4.78 is 24.4. The molecule has 1 unspecified atom stereocenters. The van der Waals surface area contributed by atoms with Crippen molar-refractivity contribution >= 4 is 23.4 Å². The molecule has 1 heterocycles. The topological polar surface area (TPSA) is 81.9 Å². The lowest BCUT2D eigenvalue weighted by Crippen LogP contribution is -2.33. The molecule has 3 rings (SSSR count). The van der Waals surface area contributed by atoms with Gasteiger partial charge in [0.25, 0.3) is 11.6 Å². The second-order valence-corrected chi connectivity index (χ2v) is 7.75. The Hall–Kier alpha value is -2.81. The van der Waals surface area contributed by atoms with Gasteiger partial charge in [-0.05, 0) is 12.5 Å². The molecule has 1 fully saturated rings. The first-order chi connectivity index (χ1) is 14.0. The molecule has 7 nitrogen and oxygen atoms in total. The van der Waals surface area contributed by atoms with Gasteiger partial charge < -0.3 is 14.4 Å². The highest BCUT2D eigenvalue weighted by molar-refractivity contribution is 7.99. The molecule has 1 aliphatic rings. The summed E-state index contributed by atoms with van der Waals surface area (Å²) in [5.41, 5.74) is 0.223. The molecule has 2 aromatic carbocycles. The van der Waals surface area contributed by atoms with E-state index in [1.165, 1.54) is 32.4 Å². The van der Waals surface area contributed by atoms with Crippen LogP contribution in [0.15, 0.2) is 36.4 Å². The molecule has 9 heteroatoms. The fraction of sp³-hybridized carbons (Fsp3) is 0.350. The van der Waals surface area contributed by atoms with Gasteiger partial charge in [-0.2, -0.15) is 11.8 Å². The average molecular weight is 420 g/mol. The third-order valence-electron chi connectivity index (χ3n) is 4.81. The minimum Gasteiger partial charge on any atom is -0.493 e. The number of methoxy groups -OCH3 is 2. The number of nitrogens with zero attached hydrogens (tertiary/aromatic N) is 2. The van der Waals surface area contributed by atoms with E-state index in [9.17, 15) is 19.3 Å². The second kappa shape index (κ2) is 9.13. The molecule has 1 aliphatic heterocycles. The Labute approximate surface area is 171 Å². The van der Waals surface area contributed by atoms with Crippen molar-refractivity contribution < 1.29 is 23.6 Å². The van der Waals surface area contributed by atoms with E-state index in [2.05, 4.69) is 0 Å². The fourth-order valence-corrected chi connectivity index (χ4v) is 4.57. The SMILES string of the molecule is COc1cc(C(=O)N2CCSC(c3ccccc3F)CC2)c([N+](=O)[O-])cc1OC. The molecule has 1 saturated heterocycles. The third kappa shape index (κ3) is 4.45. The zero-order chi connectivity index (χ0) is 21.0. The molecular weight excluding hydrogens is 399 g/mol. The van der Waals surface area contributed by atoms with Gasteiger partial charge >= 0.3 is 0 Å². The van der Waals surface area contributed by atoms with Crippen molar-refractivity contribution in [2.45, 2.75) is 11.7 Å². The molecule has 0 N–H and O–H groups in total. The standard InChI is InChI=1S/C20H21FN2O5S/c1-27-17-11-14(16(23(25)26)12-18(17)28-2)20(24)22-8-7-19(29-10-9-22)13-5-3-4-6-15(13)21/h3-6,11-12,19H,7-10H2,1-2H3. The van der Waals surface area contributed by atoms with E-state index in [-0.39, 0.29) is 33.8 Å². The van der Waals surface area contributed by atoms with Gasteiger partial charge in [-0.3, -0.25) is 14.9 Å². The van der Waals surface area contributed by atoms with Crippen LogP contribution >= 0.6 is 11.8 Å². The highest BCUT2D eigenvalue weighted by atomic mass is 32.2. The first kappa shape index (κ1) is 20.9. The molecule has 1 amide bonds. The van der Waals surface area contributed by atoms with Crippen LogP contribution < -0.4 is 9.47 Å². The molecule has 0 aromatic heterocycles. The van der Waals surface area contributed by atoms with Crippen LogP contribution in [0.2, 0.25) is 0 Å². The Bertz CT molecular complexity index is 924. The minimum absolute atomic E-state index is 0.0537. The summed E-state index contributed by atoms with van der Waals surface area (Å²) >= 11 is 1.58. The van der Waals surface area contributed by atoms with Gasteiger partial charge in [-0.1, -0.05) is 18.2 Å². The van der Waals surface area contributed by atoms with Gasteiger partial charge in [0.2, 0.25) is 0 Å². The number of hydrogen-bond donors (Lipinski definition) is 0. The molecule has 0 radical (unpaired) electrons. The maximum Gasteiger partial charge on any atom is 0.286 e. The van der Waals surface area contributed by atoms with Crippen LogP contribution in [-0.2, 0) is 0 Å². The Morgan fingerprint density at radius 2 is 1.90 bits per heavy atom. The van der Waals surface area contributed by atoms with Crippen molar-refractivity contribution in [3.8, 4) is 11.5 Å². The van der Waals surface area contributed by atoms with Crippen molar-refractivity contribution in [3.63, 3.8) is 0 Å². The van der Waals surface area contributed by atoms with Gasteiger partial charge in [-0.25, -0.2) is 4.39 Å². The van der Waals surface area contributed by atoms with Crippen LogP contribution in [0.5, 0.6) is 11.5 Å². The normalized spacial score (nSPS) is 16.8. The first-order valence-electron chi connectivity index (χ1n) is 9.02. The Morgan fingerprint density at radius 3 is 2.55 bits per heavy atom. The van der Waals surface area contributed by atoms with E-state index < -0.39 is 10.8 Å². The van der Waals surface area contributed by atoms with E-state index >= 15 is 0 Å². The van der Waals surface area contributed by atoms with Crippen LogP contribution in [0.25, 0.3) is 0 Å². The highest BCUT2D eigenvalue weighted by Gasteiger charge is 2.30. The molecule has 2 aromatic rings. The van der Waals surface area contributed by atoms with Crippen molar-refractivity contribution in [2.75, 3.05) is 33.1 Å². The van der Waals surface area contributed by atoms with Crippen LogP contribution in [0.3, 0.4) is 0 Å². The molecule has 0 bridgehead atoms. The summed E-state index contributed by atoms with van der Waals surface area (Å²) in [5.74, 6) is 0.315. The minimum atomic E-state index is -0.607. The predicted molar refractivity (Wildman–Crippen MR) is 108 cm³/mol. The second-order valence-electron chi connectivity index (χ2n) is 6.44. The third-order valence-corrected chi connectivity index (χ3v) is 6.12. The number of carbonyl (C=O) groups excluding carboxylic acids is 1. The summed E-state index contributed by atoms with van der Waals surface area (Å²) in [6.45, 7) is 0.788. The molecule has 1 atom stereocenters. The summed E-state index contributed by atoms with van der Waals surface area (Å²) in [6, 6.07) is 9.15. The quantitative estimate of drug-likeness (QED) is 0.536. The van der Waals surface area contributed by atoms with Crippen LogP contribution in [0.4, 0.5) is 10.1 Å². The Morgan fingerprint density at radius 1 is 1.21 bits per heavy atom. The van der Waals surface area contributed by atoms with E-state index in [1.807, 2.05) is 0 Å². The predicted octanol–water partition coefficient (Wildman–Crippen LogP) is 4.07.